The minimum Gasteiger partial charge on any atom is -0.398 e. The first-order valence-corrected chi connectivity index (χ1v) is 24.9. The Kier molecular flexibility index (Phi) is 11.2. The van der Waals surface area contributed by atoms with E-state index >= 15 is 0 Å². The maximum atomic E-state index is 6.85. The van der Waals surface area contributed by atoms with Gasteiger partial charge in [-0.2, -0.15) is 0 Å². The highest BCUT2D eigenvalue weighted by Gasteiger charge is 2.21. The van der Waals surface area contributed by atoms with Crippen LogP contribution in [0.2, 0.25) is 0 Å². The van der Waals surface area contributed by atoms with Crippen molar-refractivity contribution in [3.05, 3.63) is 214 Å². The average Bonchev–Trinajstić information content (AvgIpc) is 3.39. The molecule has 0 heterocycles. The summed E-state index contributed by atoms with van der Waals surface area (Å²) in [6.45, 7) is 18.0. The molecule has 8 N–H and O–H groups in total. The highest BCUT2D eigenvalue weighted by Crippen LogP contribution is 2.44. The average molecular weight is 933 g/mol. The van der Waals surface area contributed by atoms with Crippen LogP contribution in [0.25, 0.3) is 111 Å². The molecule has 0 aromatic heterocycles. The van der Waals surface area contributed by atoms with Crippen LogP contribution >= 0.6 is 0 Å². The third kappa shape index (κ3) is 7.62. The molecule has 28 aliphatic rings. The molecule has 0 unspecified atom stereocenters. The molecule has 0 aliphatic heterocycles. The first-order chi connectivity index (χ1) is 34.7. The lowest BCUT2D eigenvalue weighted by atomic mass is 9.83. The Morgan fingerprint density at radius 3 is 0.458 bits per heavy atom. The van der Waals surface area contributed by atoms with Crippen LogP contribution in [0.1, 0.15) is 44.5 Å². The van der Waals surface area contributed by atoms with E-state index < -0.39 is 0 Å². The molecule has 38 rings (SSSR count). The van der Waals surface area contributed by atoms with Crippen LogP contribution in [0.3, 0.4) is 0 Å². The molecule has 20 bridgehead atoms. The molecule has 0 atom stereocenters. The zero-order valence-electron chi connectivity index (χ0n) is 42.5. The first kappa shape index (κ1) is 45.8. The number of benzene rings is 10. The number of nitrogen functional groups attached to an aromatic ring is 4. The summed E-state index contributed by atoms with van der Waals surface area (Å²) in [6.07, 6.45) is 0. The summed E-state index contributed by atoms with van der Waals surface area (Å²) in [5.74, 6) is 0. The van der Waals surface area contributed by atoms with Gasteiger partial charge in [-0.15, -0.1) is 0 Å². The summed E-state index contributed by atoms with van der Waals surface area (Å²) in [7, 11) is 0. The lowest BCUT2D eigenvalue weighted by molar-refractivity contribution is 1.25. The van der Waals surface area contributed by atoms with Crippen molar-refractivity contribution in [2.45, 2.75) is 55.4 Å². The van der Waals surface area contributed by atoms with E-state index in [9.17, 15) is 0 Å². The molecule has 28 aliphatic carbocycles. The standard InChI is InChI=1S/C68H60N4/c1-37-41(5)67-42(6)38(2)65(37)53-25-13-47(14-26-53)45-9-17-49(18-10-45)58-34-64(72)60(36-62(58)70)52-23-31-56(32-24-52)68-43(7)39(3)66(40(4)44(68)8)54-27-15-48(16-28-54)46-11-19-50(20-12-46)57-33-63(71)59(35-61(57)69)51-21-29-55(67)30-22-51/h9-36H,69-72H2,1-8H3. The van der Waals surface area contributed by atoms with E-state index in [4.69, 9.17) is 22.9 Å². The van der Waals surface area contributed by atoms with Gasteiger partial charge in [-0.3, -0.25) is 0 Å². The fourth-order valence-electron chi connectivity index (χ4n) is 11.6. The molecule has 0 amide bonds. The van der Waals surface area contributed by atoms with Gasteiger partial charge in [0, 0.05) is 45.0 Å². The van der Waals surface area contributed by atoms with Gasteiger partial charge in [-0.25, -0.2) is 0 Å². The van der Waals surface area contributed by atoms with Crippen LogP contribution < -0.4 is 22.9 Å². The van der Waals surface area contributed by atoms with Crippen LogP contribution in [0.4, 0.5) is 22.7 Å². The van der Waals surface area contributed by atoms with Crippen molar-refractivity contribution in [2.75, 3.05) is 22.9 Å². The molecule has 0 spiro atoms. The molecular weight excluding hydrogens is 873 g/mol. The number of hydrogen-bond donors (Lipinski definition) is 4. The molecular formula is C68H60N4. The van der Waals surface area contributed by atoms with Gasteiger partial charge >= 0.3 is 0 Å². The predicted octanol–water partition coefficient (Wildman–Crippen LogP) is 17.5. The summed E-state index contributed by atoms with van der Waals surface area (Å²) < 4.78 is 0. The van der Waals surface area contributed by atoms with E-state index in [1.165, 1.54) is 89.0 Å². The van der Waals surface area contributed by atoms with Crippen molar-refractivity contribution >= 4 is 22.7 Å². The summed E-state index contributed by atoms with van der Waals surface area (Å²) in [5, 5.41) is 0. The normalized spacial score (nSPS) is 11.6. The summed E-state index contributed by atoms with van der Waals surface area (Å²) in [6, 6.07) is 60.8. The second-order valence-electron chi connectivity index (χ2n) is 20.0. The Morgan fingerprint density at radius 1 is 0.181 bits per heavy atom. The number of anilines is 4. The third-order valence-electron chi connectivity index (χ3n) is 16.1. The van der Waals surface area contributed by atoms with E-state index in [-0.39, 0.29) is 0 Å². The van der Waals surface area contributed by atoms with E-state index in [1.54, 1.807) is 0 Å². The van der Waals surface area contributed by atoms with Gasteiger partial charge in [0.1, 0.15) is 0 Å². The van der Waals surface area contributed by atoms with Gasteiger partial charge < -0.3 is 22.9 Å². The van der Waals surface area contributed by atoms with Gasteiger partial charge in [-0.1, -0.05) is 146 Å². The summed E-state index contributed by atoms with van der Waals surface area (Å²) >= 11 is 0. The Hall–Kier alpha value is -8.60. The fourth-order valence-corrected chi connectivity index (χ4v) is 11.6. The van der Waals surface area contributed by atoms with Crippen molar-refractivity contribution in [1.29, 1.82) is 0 Å². The minimum atomic E-state index is 0.690. The quantitative estimate of drug-likeness (QED) is 0.114. The highest BCUT2D eigenvalue weighted by molar-refractivity contribution is 5.93. The summed E-state index contributed by atoms with van der Waals surface area (Å²) in [4.78, 5) is 0. The zero-order valence-corrected chi connectivity index (χ0v) is 42.5. The van der Waals surface area contributed by atoms with Gasteiger partial charge in [0.25, 0.3) is 0 Å². The molecule has 10 aromatic rings. The second kappa shape index (κ2) is 17.7. The SMILES string of the molecule is Cc1c(C)c2c(C)c(C)c1-c1ccc(cc1)-c1ccc(cc1)-c1cc(N)c(cc1N)-c1ccc(cc1)-c1c(C)c(C)c(c(C)c1C)-c1ccc(cc1)-c1ccc(cc1)-c1cc(N)c(cc1N)-c1ccc-2cc1. The largest absolute Gasteiger partial charge is 0.398 e. The monoisotopic (exact) mass is 932 g/mol. The molecule has 4 heteroatoms. The second-order valence-corrected chi connectivity index (χ2v) is 20.0. The Bertz CT molecular complexity index is 3470. The Labute approximate surface area is 424 Å². The lowest BCUT2D eigenvalue weighted by Crippen LogP contribution is -2.00. The minimum absolute atomic E-state index is 0.690. The van der Waals surface area contributed by atoms with Gasteiger partial charge in [0.15, 0.2) is 0 Å². The van der Waals surface area contributed by atoms with Crippen LogP contribution in [0.15, 0.2) is 170 Å². The molecule has 72 heavy (non-hydrogen) atoms. The predicted molar refractivity (Wildman–Crippen MR) is 310 cm³/mol. The van der Waals surface area contributed by atoms with Crippen molar-refractivity contribution in [3.8, 4) is 111 Å². The smallest absolute Gasteiger partial charge is 0.0401 e. The lowest BCUT2D eigenvalue weighted by Gasteiger charge is -2.22. The maximum Gasteiger partial charge on any atom is 0.0401 e. The Balaban J connectivity index is 1.00. The van der Waals surface area contributed by atoms with E-state index in [2.05, 4.69) is 201 Å². The topological polar surface area (TPSA) is 104 Å². The molecule has 0 saturated carbocycles. The van der Waals surface area contributed by atoms with E-state index in [1.807, 2.05) is 24.3 Å². The number of rotatable bonds is 0. The zero-order chi connectivity index (χ0) is 50.3. The van der Waals surface area contributed by atoms with Crippen molar-refractivity contribution < 1.29 is 0 Å². The highest BCUT2D eigenvalue weighted by atomic mass is 14.6. The van der Waals surface area contributed by atoms with Gasteiger partial charge in [0.2, 0.25) is 0 Å². The van der Waals surface area contributed by atoms with Crippen LogP contribution in [0.5, 0.6) is 0 Å². The first-order valence-electron chi connectivity index (χ1n) is 24.9. The van der Waals surface area contributed by atoms with Crippen molar-refractivity contribution in [3.63, 3.8) is 0 Å². The molecule has 0 radical (unpaired) electrons. The van der Waals surface area contributed by atoms with Crippen molar-refractivity contribution in [1.82, 2.24) is 0 Å². The van der Waals surface area contributed by atoms with Gasteiger partial charge in [0.05, 0.1) is 0 Å². The van der Waals surface area contributed by atoms with E-state index in [0.717, 1.165) is 66.8 Å². The third-order valence-corrected chi connectivity index (χ3v) is 16.1. The molecule has 0 saturated heterocycles. The number of hydrogen-bond acceptors (Lipinski definition) is 4. The molecule has 0 fully saturated rings. The molecule has 10 aromatic carbocycles. The molecule has 352 valence electrons. The van der Waals surface area contributed by atoms with Crippen LogP contribution in [-0.2, 0) is 0 Å². The molecule has 4 nitrogen and oxygen atoms in total. The van der Waals surface area contributed by atoms with Crippen LogP contribution in [-0.4, -0.2) is 0 Å². The summed E-state index contributed by atoms with van der Waals surface area (Å²) in [5.41, 5.74) is 62.6. The van der Waals surface area contributed by atoms with Crippen LogP contribution in [0, 0.1) is 55.4 Å². The fraction of sp³-hybridized carbons (Fsp3) is 0.118. The Morgan fingerprint density at radius 2 is 0.306 bits per heavy atom. The van der Waals surface area contributed by atoms with Gasteiger partial charge in [-0.05, 0) is 213 Å². The maximum absolute atomic E-state index is 6.85. The number of nitrogens with two attached hydrogens (primary N) is 4. The van der Waals surface area contributed by atoms with E-state index in [0.29, 0.717) is 22.7 Å². The van der Waals surface area contributed by atoms with Crippen molar-refractivity contribution in [2.24, 2.45) is 0 Å².